The average molecular weight is 297 g/mol. The Morgan fingerprint density at radius 3 is 2.29 bits per heavy atom. The lowest BCUT2D eigenvalue weighted by Gasteiger charge is -2.40. The normalized spacial score (nSPS) is 24.0. The number of nitrogens with one attached hydrogen (secondary N) is 1. The lowest BCUT2D eigenvalue weighted by Crippen LogP contribution is -2.60. The first-order valence-corrected chi connectivity index (χ1v) is 8.24. The molecule has 5 heteroatoms. The van der Waals surface area contributed by atoms with Crippen molar-refractivity contribution in [1.29, 1.82) is 0 Å². The van der Waals surface area contributed by atoms with Crippen LogP contribution in [0.5, 0.6) is 0 Å². The molecule has 0 amide bonds. The summed E-state index contributed by atoms with van der Waals surface area (Å²) in [5.41, 5.74) is -0.573. The average Bonchev–Trinajstić information content (AvgIpc) is 3.23. The topological polar surface area (TPSA) is 44.8 Å². The number of hydrogen-bond donors (Lipinski definition) is 1. The maximum absolute atomic E-state index is 12.2. The van der Waals surface area contributed by atoms with Crippen molar-refractivity contribution in [2.24, 2.45) is 5.92 Å². The first kappa shape index (κ1) is 16.7. The van der Waals surface area contributed by atoms with Gasteiger partial charge >= 0.3 is 5.97 Å². The van der Waals surface area contributed by atoms with Crippen LogP contribution in [0, 0.1) is 5.92 Å². The minimum Gasteiger partial charge on any atom is -0.468 e. The molecule has 1 atom stereocenters. The molecular weight excluding hydrogens is 266 g/mol. The summed E-state index contributed by atoms with van der Waals surface area (Å²) in [5, 5.41) is 3.48. The molecule has 0 bridgehead atoms. The second kappa shape index (κ2) is 7.07. The molecule has 0 radical (unpaired) electrons. The van der Waals surface area contributed by atoms with Crippen LogP contribution >= 0.6 is 0 Å². The Bertz CT molecular complexity index is 349. The van der Waals surface area contributed by atoms with Crippen LogP contribution in [0.3, 0.4) is 0 Å². The molecule has 122 valence electrons. The predicted molar refractivity (Wildman–Crippen MR) is 84.3 cm³/mol. The fourth-order valence-electron chi connectivity index (χ4n) is 3.17. The molecule has 2 aliphatic rings. The first-order chi connectivity index (χ1) is 9.93. The van der Waals surface area contributed by atoms with Crippen molar-refractivity contribution < 1.29 is 9.53 Å². The Balaban J connectivity index is 1.85. The van der Waals surface area contributed by atoms with Crippen LogP contribution in [0.1, 0.15) is 33.6 Å². The largest absolute Gasteiger partial charge is 0.468 e. The van der Waals surface area contributed by atoms with E-state index in [9.17, 15) is 4.79 Å². The number of hydrogen-bond acceptors (Lipinski definition) is 5. The van der Waals surface area contributed by atoms with Crippen LogP contribution in [-0.2, 0) is 9.53 Å². The number of nitrogens with zero attached hydrogens (tertiary/aromatic N) is 2. The zero-order chi connectivity index (χ0) is 15.5. The van der Waals surface area contributed by atoms with E-state index in [-0.39, 0.29) is 5.97 Å². The third kappa shape index (κ3) is 4.94. The molecule has 1 saturated carbocycles. The van der Waals surface area contributed by atoms with E-state index in [2.05, 4.69) is 29.0 Å². The second-order valence-electron chi connectivity index (χ2n) is 7.21. The Morgan fingerprint density at radius 2 is 1.81 bits per heavy atom. The highest BCUT2D eigenvalue weighted by Crippen LogP contribution is 2.24. The van der Waals surface area contributed by atoms with Gasteiger partial charge in [-0.25, -0.2) is 0 Å². The fourth-order valence-corrected chi connectivity index (χ4v) is 3.17. The van der Waals surface area contributed by atoms with Gasteiger partial charge < -0.3 is 9.64 Å². The Hall–Kier alpha value is -0.650. The smallest absolute Gasteiger partial charge is 0.327 e. The SMILES string of the molecule is COC(=O)C(C)(CN1CCN(CC(C)C)CC1)NC1CC1. The summed E-state index contributed by atoms with van der Waals surface area (Å²) in [5.74, 6) is 0.576. The van der Waals surface area contributed by atoms with Gasteiger partial charge in [-0.1, -0.05) is 13.8 Å². The van der Waals surface area contributed by atoms with Crippen LogP contribution in [0.4, 0.5) is 0 Å². The van der Waals surface area contributed by atoms with Gasteiger partial charge in [0.2, 0.25) is 0 Å². The highest BCUT2D eigenvalue weighted by Gasteiger charge is 2.41. The Kier molecular flexibility index (Phi) is 5.63. The van der Waals surface area contributed by atoms with E-state index < -0.39 is 5.54 Å². The maximum atomic E-state index is 12.2. The van der Waals surface area contributed by atoms with Crippen LogP contribution in [0.15, 0.2) is 0 Å². The molecule has 1 heterocycles. The number of rotatable bonds is 7. The van der Waals surface area contributed by atoms with E-state index >= 15 is 0 Å². The van der Waals surface area contributed by atoms with E-state index in [1.165, 1.54) is 26.5 Å². The second-order valence-corrected chi connectivity index (χ2v) is 7.21. The summed E-state index contributed by atoms with van der Waals surface area (Å²) in [6.45, 7) is 12.7. The van der Waals surface area contributed by atoms with Gasteiger partial charge in [0.05, 0.1) is 7.11 Å². The van der Waals surface area contributed by atoms with Gasteiger partial charge in [-0.05, 0) is 25.7 Å². The standard InChI is InChI=1S/C16H31N3O2/c1-13(2)11-18-7-9-19(10-8-18)12-16(3,15(20)21-4)17-14-5-6-14/h13-14,17H,5-12H2,1-4H3. The molecule has 1 N–H and O–H groups in total. The van der Waals surface area contributed by atoms with Crippen LogP contribution < -0.4 is 5.32 Å². The molecule has 1 saturated heterocycles. The summed E-state index contributed by atoms with van der Waals surface area (Å²) < 4.78 is 5.02. The minimum atomic E-state index is -0.573. The number of ether oxygens (including phenoxy) is 1. The summed E-state index contributed by atoms with van der Waals surface area (Å²) in [6, 6.07) is 0.497. The molecule has 5 nitrogen and oxygen atoms in total. The molecule has 0 aromatic rings. The molecule has 21 heavy (non-hydrogen) atoms. The van der Waals surface area contributed by atoms with Gasteiger partial charge in [-0.15, -0.1) is 0 Å². The zero-order valence-electron chi connectivity index (χ0n) is 14.0. The van der Waals surface area contributed by atoms with E-state index in [0.717, 1.165) is 32.7 Å². The molecule has 2 rings (SSSR count). The summed E-state index contributed by atoms with van der Waals surface area (Å²) in [6.07, 6.45) is 2.35. The van der Waals surface area contributed by atoms with E-state index in [1.807, 2.05) is 6.92 Å². The highest BCUT2D eigenvalue weighted by molar-refractivity contribution is 5.80. The molecule has 0 aromatic heterocycles. The van der Waals surface area contributed by atoms with Crippen LogP contribution in [0.25, 0.3) is 0 Å². The lowest BCUT2D eigenvalue weighted by atomic mass is 10.0. The van der Waals surface area contributed by atoms with Gasteiger partial charge in [0, 0.05) is 45.3 Å². The molecule has 0 aromatic carbocycles. The molecule has 2 fully saturated rings. The summed E-state index contributed by atoms with van der Waals surface area (Å²) in [7, 11) is 1.48. The van der Waals surface area contributed by atoms with Gasteiger partial charge in [0.15, 0.2) is 0 Å². The fraction of sp³-hybridized carbons (Fsp3) is 0.938. The number of carbonyl (C=O) groups excluding carboxylic acids is 1. The molecular formula is C16H31N3O2. The van der Waals surface area contributed by atoms with Crippen LogP contribution in [-0.4, -0.2) is 73.7 Å². The van der Waals surface area contributed by atoms with Gasteiger partial charge in [0.1, 0.15) is 5.54 Å². The number of piperazine rings is 1. The molecule has 1 unspecified atom stereocenters. The Morgan fingerprint density at radius 1 is 1.24 bits per heavy atom. The number of carbonyl (C=O) groups is 1. The zero-order valence-corrected chi connectivity index (χ0v) is 14.0. The maximum Gasteiger partial charge on any atom is 0.327 e. The molecule has 1 aliphatic carbocycles. The minimum absolute atomic E-state index is 0.140. The summed E-state index contributed by atoms with van der Waals surface area (Å²) in [4.78, 5) is 17.1. The lowest BCUT2D eigenvalue weighted by molar-refractivity contribution is -0.149. The third-order valence-electron chi connectivity index (χ3n) is 4.36. The summed E-state index contributed by atoms with van der Waals surface area (Å²) >= 11 is 0. The van der Waals surface area contributed by atoms with Crippen molar-refractivity contribution in [2.75, 3.05) is 46.4 Å². The quantitative estimate of drug-likeness (QED) is 0.709. The monoisotopic (exact) mass is 297 g/mol. The molecule has 1 aliphatic heterocycles. The number of esters is 1. The molecule has 0 spiro atoms. The van der Waals surface area contributed by atoms with E-state index in [0.29, 0.717) is 12.0 Å². The van der Waals surface area contributed by atoms with E-state index in [4.69, 9.17) is 4.74 Å². The van der Waals surface area contributed by atoms with Crippen molar-refractivity contribution in [2.45, 2.75) is 45.2 Å². The van der Waals surface area contributed by atoms with Crippen LogP contribution in [0.2, 0.25) is 0 Å². The van der Waals surface area contributed by atoms with Gasteiger partial charge in [-0.3, -0.25) is 15.0 Å². The number of methoxy groups -OCH3 is 1. The third-order valence-corrected chi connectivity index (χ3v) is 4.36. The van der Waals surface area contributed by atoms with Gasteiger partial charge in [0.25, 0.3) is 0 Å². The van der Waals surface area contributed by atoms with Gasteiger partial charge in [-0.2, -0.15) is 0 Å². The Labute approximate surface area is 129 Å². The van der Waals surface area contributed by atoms with Crippen molar-refractivity contribution in [3.63, 3.8) is 0 Å². The first-order valence-electron chi connectivity index (χ1n) is 8.24. The van der Waals surface area contributed by atoms with Crippen molar-refractivity contribution >= 4 is 5.97 Å². The predicted octanol–water partition coefficient (Wildman–Crippen LogP) is 0.944. The van der Waals surface area contributed by atoms with E-state index in [1.54, 1.807) is 0 Å². The van der Waals surface area contributed by atoms with Crippen molar-refractivity contribution in [3.05, 3.63) is 0 Å². The highest BCUT2D eigenvalue weighted by atomic mass is 16.5. The van der Waals surface area contributed by atoms with Crippen molar-refractivity contribution in [1.82, 2.24) is 15.1 Å². The van der Waals surface area contributed by atoms with Crippen molar-refractivity contribution in [3.8, 4) is 0 Å².